The molecule has 0 atom stereocenters. The largest absolute Gasteiger partial charge is 0.294 e. The first-order chi connectivity index (χ1) is 13.1. The van der Waals surface area contributed by atoms with Gasteiger partial charge in [0.15, 0.2) is 0 Å². The highest BCUT2D eigenvalue weighted by atomic mass is 16.6. The zero-order valence-corrected chi connectivity index (χ0v) is 14.1. The summed E-state index contributed by atoms with van der Waals surface area (Å²) < 4.78 is 0. The fraction of sp³-hybridized carbons (Fsp3) is 0. The van der Waals surface area contributed by atoms with Gasteiger partial charge in [-0.25, -0.2) is 5.01 Å². The van der Waals surface area contributed by atoms with Crippen molar-refractivity contribution in [2.75, 3.05) is 5.01 Å². The van der Waals surface area contributed by atoms with Crippen LogP contribution in [0.4, 0.5) is 17.1 Å². The van der Waals surface area contributed by atoms with E-state index in [9.17, 15) is 14.9 Å². The number of amides is 1. The fourth-order valence-electron chi connectivity index (χ4n) is 2.51. The van der Waals surface area contributed by atoms with Crippen LogP contribution in [-0.4, -0.2) is 10.8 Å². The highest BCUT2D eigenvalue weighted by molar-refractivity contribution is 5.96. The van der Waals surface area contributed by atoms with E-state index in [0.717, 1.165) is 0 Å². The van der Waals surface area contributed by atoms with Crippen LogP contribution in [-0.2, 0) is 0 Å². The van der Waals surface area contributed by atoms with Gasteiger partial charge >= 0.3 is 0 Å². The highest BCUT2D eigenvalue weighted by Crippen LogP contribution is 2.32. The quantitative estimate of drug-likeness (QED) is 0.550. The Kier molecular flexibility index (Phi) is 5.10. The Balaban J connectivity index is 2.05. The molecule has 0 saturated heterocycles. The third kappa shape index (κ3) is 3.91. The van der Waals surface area contributed by atoms with Crippen molar-refractivity contribution in [1.29, 1.82) is 5.26 Å². The van der Waals surface area contributed by atoms with E-state index in [2.05, 4.69) is 5.43 Å². The Labute approximate surface area is 155 Å². The van der Waals surface area contributed by atoms with Crippen molar-refractivity contribution in [1.82, 2.24) is 5.43 Å². The molecule has 1 N–H and O–H groups in total. The van der Waals surface area contributed by atoms with Gasteiger partial charge in [-0.3, -0.25) is 20.3 Å². The number of nitro benzene ring substituents is 1. The van der Waals surface area contributed by atoms with Gasteiger partial charge in [0.05, 0.1) is 22.2 Å². The van der Waals surface area contributed by atoms with E-state index < -0.39 is 10.8 Å². The van der Waals surface area contributed by atoms with Gasteiger partial charge in [-0.2, -0.15) is 5.26 Å². The van der Waals surface area contributed by atoms with Gasteiger partial charge in [-0.1, -0.05) is 30.3 Å². The molecule has 3 aromatic rings. The van der Waals surface area contributed by atoms with E-state index in [1.54, 1.807) is 72.8 Å². The molecule has 3 rings (SSSR count). The normalized spacial score (nSPS) is 9.89. The Hall–Kier alpha value is -4.18. The minimum atomic E-state index is -0.513. The molecule has 0 aromatic heterocycles. The molecule has 0 bridgehead atoms. The summed E-state index contributed by atoms with van der Waals surface area (Å²) in [4.78, 5) is 23.6. The van der Waals surface area contributed by atoms with Gasteiger partial charge < -0.3 is 0 Å². The summed E-state index contributed by atoms with van der Waals surface area (Å²) in [6.45, 7) is 0. The number of anilines is 2. The first-order valence-electron chi connectivity index (χ1n) is 8.00. The Morgan fingerprint density at radius 1 is 0.963 bits per heavy atom. The number of hydrogen-bond acceptors (Lipinski definition) is 5. The van der Waals surface area contributed by atoms with Crippen LogP contribution >= 0.6 is 0 Å². The third-order valence-corrected chi connectivity index (χ3v) is 3.82. The lowest BCUT2D eigenvalue weighted by atomic mass is 10.2. The van der Waals surface area contributed by atoms with E-state index in [4.69, 9.17) is 5.26 Å². The maximum atomic E-state index is 12.6. The number of nitro groups is 1. The van der Waals surface area contributed by atoms with Crippen LogP contribution in [0, 0.1) is 21.4 Å². The topological polar surface area (TPSA) is 99.3 Å². The molecule has 0 heterocycles. The monoisotopic (exact) mass is 358 g/mol. The molecule has 7 nitrogen and oxygen atoms in total. The number of nitriles is 1. The average Bonchev–Trinajstić information content (AvgIpc) is 2.72. The van der Waals surface area contributed by atoms with Crippen LogP contribution < -0.4 is 10.4 Å². The molecule has 0 fully saturated rings. The lowest BCUT2D eigenvalue weighted by Gasteiger charge is -2.25. The lowest BCUT2D eigenvalue weighted by Crippen LogP contribution is -2.39. The van der Waals surface area contributed by atoms with Crippen molar-refractivity contribution in [2.45, 2.75) is 0 Å². The Morgan fingerprint density at radius 3 is 2.22 bits per heavy atom. The smallest absolute Gasteiger partial charge is 0.267 e. The number of nitrogens with one attached hydrogen (secondary N) is 1. The molecule has 1 amide bonds. The van der Waals surface area contributed by atoms with Crippen molar-refractivity contribution in [3.05, 3.63) is 100 Å². The minimum absolute atomic E-state index is 0.157. The SMILES string of the molecule is N#Cc1ccc(N(NC(=O)c2ccccc2)c2ccccc2[N+](=O)[O-])cc1. The Bertz CT molecular complexity index is 1010. The molecule has 27 heavy (non-hydrogen) atoms. The average molecular weight is 358 g/mol. The van der Waals surface area contributed by atoms with Crippen molar-refractivity contribution >= 4 is 23.0 Å². The van der Waals surface area contributed by atoms with E-state index in [-0.39, 0.29) is 11.4 Å². The van der Waals surface area contributed by atoms with Gasteiger partial charge in [0.1, 0.15) is 5.69 Å². The number of rotatable bonds is 5. The summed E-state index contributed by atoms with van der Waals surface area (Å²) in [6.07, 6.45) is 0. The van der Waals surface area contributed by atoms with Gasteiger partial charge in [0, 0.05) is 11.6 Å². The predicted molar refractivity (Wildman–Crippen MR) is 100 cm³/mol. The van der Waals surface area contributed by atoms with Gasteiger partial charge in [0.25, 0.3) is 11.6 Å². The van der Waals surface area contributed by atoms with Crippen LogP contribution in [0.3, 0.4) is 0 Å². The standard InChI is InChI=1S/C20H14N4O3/c21-14-15-10-12-17(13-11-15)23(18-8-4-5-9-19(18)24(26)27)22-20(25)16-6-2-1-3-7-16/h1-13H,(H,22,25). The van der Waals surface area contributed by atoms with Crippen LogP contribution in [0.1, 0.15) is 15.9 Å². The van der Waals surface area contributed by atoms with Gasteiger partial charge in [-0.05, 0) is 42.5 Å². The summed E-state index contributed by atoms with van der Waals surface area (Å²) in [6, 6.07) is 23.0. The molecule has 0 unspecified atom stereocenters. The number of hydrazine groups is 1. The first-order valence-corrected chi connectivity index (χ1v) is 8.00. The summed E-state index contributed by atoms with van der Waals surface area (Å²) in [5.41, 5.74) is 4.09. The van der Waals surface area contributed by atoms with Crippen molar-refractivity contribution in [2.24, 2.45) is 0 Å². The van der Waals surface area contributed by atoms with E-state index in [1.807, 2.05) is 6.07 Å². The number of carbonyl (C=O) groups is 1. The molecule has 0 saturated carbocycles. The molecular formula is C20H14N4O3. The van der Waals surface area contributed by atoms with Crippen LogP contribution in [0.15, 0.2) is 78.9 Å². The maximum Gasteiger partial charge on any atom is 0.294 e. The van der Waals surface area contributed by atoms with Crippen LogP contribution in [0.25, 0.3) is 0 Å². The molecule has 0 aliphatic heterocycles. The van der Waals surface area contributed by atoms with Crippen molar-refractivity contribution < 1.29 is 9.72 Å². The molecule has 3 aromatic carbocycles. The molecule has 0 radical (unpaired) electrons. The minimum Gasteiger partial charge on any atom is -0.267 e. The number of para-hydroxylation sites is 2. The second kappa shape index (κ2) is 7.80. The molecular weight excluding hydrogens is 344 g/mol. The molecule has 0 spiro atoms. The van der Waals surface area contributed by atoms with E-state index in [1.165, 1.54) is 11.1 Å². The summed E-state index contributed by atoms with van der Waals surface area (Å²) in [5.74, 6) is -0.418. The number of carbonyl (C=O) groups excluding carboxylic acids is 1. The van der Waals surface area contributed by atoms with Crippen LogP contribution in [0.5, 0.6) is 0 Å². The number of nitrogens with zero attached hydrogens (tertiary/aromatic N) is 3. The highest BCUT2D eigenvalue weighted by Gasteiger charge is 2.22. The zero-order chi connectivity index (χ0) is 19.2. The predicted octanol–water partition coefficient (Wildman–Crippen LogP) is 3.95. The van der Waals surface area contributed by atoms with E-state index >= 15 is 0 Å². The summed E-state index contributed by atoms with van der Waals surface area (Å²) in [5, 5.41) is 21.8. The van der Waals surface area contributed by atoms with Gasteiger partial charge in [-0.15, -0.1) is 0 Å². The molecule has 0 aliphatic rings. The second-order valence-electron chi connectivity index (χ2n) is 5.55. The second-order valence-corrected chi connectivity index (χ2v) is 5.55. The molecule has 0 aliphatic carbocycles. The Morgan fingerprint density at radius 2 is 1.59 bits per heavy atom. The van der Waals surface area contributed by atoms with Crippen molar-refractivity contribution in [3.63, 3.8) is 0 Å². The van der Waals surface area contributed by atoms with E-state index in [0.29, 0.717) is 16.8 Å². The summed E-state index contributed by atoms with van der Waals surface area (Å²) in [7, 11) is 0. The van der Waals surface area contributed by atoms with Crippen molar-refractivity contribution in [3.8, 4) is 6.07 Å². The third-order valence-electron chi connectivity index (χ3n) is 3.82. The molecule has 7 heteroatoms. The van der Waals surface area contributed by atoms with Gasteiger partial charge in [0.2, 0.25) is 0 Å². The number of hydrogen-bond donors (Lipinski definition) is 1. The molecule has 132 valence electrons. The first kappa shape index (κ1) is 17.6. The number of benzene rings is 3. The lowest BCUT2D eigenvalue weighted by molar-refractivity contribution is -0.384. The summed E-state index contributed by atoms with van der Waals surface area (Å²) >= 11 is 0. The maximum absolute atomic E-state index is 12.6. The fourth-order valence-corrected chi connectivity index (χ4v) is 2.51. The van der Waals surface area contributed by atoms with Crippen LogP contribution in [0.2, 0.25) is 0 Å². The zero-order valence-electron chi connectivity index (χ0n) is 14.1.